The van der Waals surface area contributed by atoms with Gasteiger partial charge in [-0.15, -0.1) is 0 Å². The van der Waals surface area contributed by atoms with Crippen LogP contribution in [0.5, 0.6) is 0 Å². The lowest BCUT2D eigenvalue weighted by molar-refractivity contribution is -0.116. The van der Waals surface area contributed by atoms with Crippen LogP contribution in [0.15, 0.2) is 54.9 Å². The molecular formula is C31H35F4N5O3S. The first-order valence-corrected chi connectivity index (χ1v) is 16.1. The van der Waals surface area contributed by atoms with Gasteiger partial charge in [-0.3, -0.25) is 9.78 Å². The van der Waals surface area contributed by atoms with E-state index in [-0.39, 0.29) is 29.7 Å². The van der Waals surface area contributed by atoms with Crippen molar-refractivity contribution < 1.29 is 30.8 Å². The smallest absolute Gasteiger partial charge is 0.282 e. The fraction of sp³-hybridized carbons (Fsp3) is 0.419. The lowest BCUT2D eigenvalue weighted by atomic mass is 9.88. The third kappa shape index (κ3) is 7.63. The van der Waals surface area contributed by atoms with Crippen molar-refractivity contribution in [1.29, 1.82) is 0 Å². The van der Waals surface area contributed by atoms with Crippen LogP contribution >= 0.6 is 0 Å². The molecule has 2 aliphatic heterocycles. The summed E-state index contributed by atoms with van der Waals surface area (Å²) in [5, 5.41) is 5.91. The number of halogens is 4. The number of rotatable bonds is 10. The molecule has 0 saturated carbocycles. The number of aromatic nitrogens is 1. The van der Waals surface area contributed by atoms with E-state index in [9.17, 15) is 26.4 Å². The molecule has 2 saturated heterocycles. The lowest BCUT2D eigenvalue weighted by Crippen LogP contribution is -2.58. The number of piperazine rings is 1. The zero-order valence-corrected chi connectivity index (χ0v) is 24.9. The van der Waals surface area contributed by atoms with Crippen molar-refractivity contribution in [1.82, 2.24) is 18.9 Å². The van der Waals surface area contributed by atoms with Crippen LogP contribution in [0.25, 0.3) is 0 Å². The van der Waals surface area contributed by atoms with E-state index in [1.165, 1.54) is 39.1 Å². The zero-order valence-electron chi connectivity index (χ0n) is 24.1. The molecule has 5 rings (SSSR count). The molecule has 1 amide bonds. The third-order valence-electron chi connectivity index (χ3n) is 8.19. The van der Waals surface area contributed by atoms with Crippen LogP contribution in [0.4, 0.5) is 23.2 Å². The molecule has 0 radical (unpaired) electrons. The Kier molecular flexibility index (Phi) is 10.3. The number of carbonyl (C=O) groups excluding carboxylic acids is 1. The van der Waals surface area contributed by atoms with E-state index >= 15 is 4.39 Å². The summed E-state index contributed by atoms with van der Waals surface area (Å²) >= 11 is 0. The van der Waals surface area contributed by atoms with Crippen LogP contribution in [0.1, 0.15) is 54.7 Å². The van der Waals surface area contributed by atoms with Gasteiger partial charge in [0.05, 0.1) is 18.1 Å². The van der Waals surface area contributed by atoms with Crippen molar-refractivity contribution in [3.8, 4) is 0 Å². The first kappa shape index (κ1) is 32.0. The number of hydrogen-bond acceptors (Lipinski definition) is 5. The highest BCUT2D eigenvalue weighted by molar-refractivity contribution is 7.86. The third-order valence-corrected chi connectivity index (χ3v) is 10.3. The number of amides is 1. The Labute approximate surface area is 254 Å². The molecule has 0 aliphatic carbocycles. The molecule has 2 fully saturated rings. The average molecular weight is 634 g/mol. The van der Waals surface area contributed by atoms with Gasteiger partial charge in [-0.25, -0.2) is 17.6 Å². The summed E-state index contributed by atoms with van der Waals surface area (Å²) in [5.41, 5.74) is 0.933. The summed E-state index contributed by atoms with van der Waals surface area (Å²) in [6.45, 7) is 2.19. The lowest BCUT2D eigenvalue weighted by Gasteiger charge is -2.39. The van der Waals surface area contributed by atoms with Crippen molar-refractivity contribution in [3.63, 3.8) is 0 Å². The van der Waals surface area contributed by atoms with Crippen molar-refractivity contribution >= 4 is 21.8 Å². The van der Waals surface area contributed by atoms with Gasteiger partial charge in [0.2, 0.25) is 5.91 Å². The fourth-order valence-corrected chi connectivity index (χ4v) is 7.85. The van der Waals surface area contributed by atoms with Crippen molar-refractivity contribution in [2.75, 3.05) is 38.0 Å². The molecule has 44 heavy (non-hydrogen) atoms. The van der Waals surface area contributed by atoms with Gasteiger partial charge in [-0.1, -0.05) is 18.6 Å². The van der Waals surface area contributed by atoms with Gasteiger partial charge >= 0.3 is 0 Å². The number of pyridine rings is 1. The van der Waals surface area contributed by atoms with Crippen LogP contribution in [-0.2, 0) is 21.4 Å². The molecule has 13 heteroatoms. The number of nitrogens with zero attached hydrogens (tertiary/aromatic N) is 3. The van der Waals surface area contributed by atoms with Crippen molar-refractivity contribution in [2.24, 2.45) is 0 Å². The van der Waals surface area contributed by atoms with Crippen LogP contribution in [-0.4, -0.2) is 66.7 Å². The Bertz CT molecular complexity index is 1550. The summed E-state index contributed by atoms with van der Waals surface area (Å²) in [6, 6.07) is 7.79. The van der Waals surface area contributed by atoms with Crippen molar-refractivity contribution in [3.05, 3.63) is 94.8 Å². The molecule has 2 aromatic carbocycles. The Balaban J connectivity index is 1.33. The van der Waals surface area contributed by atoms with E-state index in [4.69, 9.17) is 0 Å². The SMILES string of the molecule is O=C(C[C@@H](c1ccc(F)cc1)c1cc(F)cc(F)c1)Nc1cncc(F)c1CC[C@H]1CNCCN1S(=O)(=O)N1CCCCC1. The second kappa shape index (κ2) is 14.1. The number of nitrogens with one attached hydrogen (secondary N) is 2. The summed E-state index contributed by atoms with van der Waals surface area (Å²) in [7, 11) is -3.68. The number of anilines is 1. The van der Waals surface area contributed by atoms with Gasteiger partial charge < -0.3 is 10.6 Å². The average Bonchev–Trinajstić information content (AvgIpc) is 3.00. The Morgan fingerprint density at radius 3 is 2.34 bits per heavy atom. The summed E-state index contributed by atoms with van der Waals surface area (Å²) in [5.74, 6) is -4.21. The molecule has 2 atom stereocenters. The maximum atomic E-state index is 15.1. The van der Waals surface area contributed by atoms with Crippen LogP contribution in [0.2, 0.25) is 0 Å². The predicted octanol–water partition coefficient (Wildman–Crippen LogP) is 4.74. The second-order valence-electron chi connectivity index (χ2n) is 11.2. The van der Waals surface area contributed by atoms with Gasteiger partial charge in [0.25, 0.3) is 10.2 Å². The first-order chi connectivity index (χ1) is 21.1. The van der Waals surface area contributed by atoms with Gasteiger partial charge in [-0.05, 0) is 61.1 Å². The van der Waals surface area contributed by atoms with Gasteiger partial charge in [0, 0.05) is 62.7 Å². The monoisotopic (exact) mass is 633 g/mol. The molecule has 1 aromatic heterocycles. The minimum absolute atomic E-state index is 0.118. The van der Waals surface area contributed by atoms with E-state index in [2.05, 4.69) is 15.6 Å². The number of hydrogen-bond donors (Lipinski definition) is 2. The summed E-state index contributed by atoms with van der Waals surface area (Å²) in [6.07, 6.45) is 5.11. The number of piperidine rings is 1. The summed E-state index contributed by atoms with van der Waals surface area (Å²) in [4.78, 5) is 17.2. The normalized spacial score (nSPS) is 19.0. The summed E-state index contributed by atoms with van der Waals surface area (Å²) < 4.78 is 86.8. The molecule has 8 nitrogen and oxygen atoms in total. The number of benzene rings is 2. The first-order valence-electron chi connectivity index (χ1n) is 14.7. The molecule has 0 unspecified atom stereocenters. The van der Waals surface area contributed by atoms with E-state index < -0.39 is 51.3 Å². The van der Waals surface area contributed by atoms with Crippen LogP contribution in [0, 0.1) is 23.3 Å². The maximum absolute atomic E-state index is 15.1. The highest BCUT2D eigenvalue weighted by Gasteiger charge is 2.37. The Morgan fingerprint density at radius 2 is 1.64 bits per heavy atom. The Hall–Kier alpha value is -3.39. The molecular weight excluding hydrogens is 598 g/mol. The number of carbonyl (C=O) groups is 1. The molecule has 0 spiro atoms. The second-order valence-corrected chi connectivity index (χ2v) is 13.1. The topological polar surface area (TPSA) is 94.6 Å². The molecule has 3 heterocycles. The largest absolute Gasteiger partial charge is 0.324 e. The Morgan fingerprint density at radius 1 is 0.932 bits per heavy atom. The van der Waals surface area contributed by atoms with Gasteiger partial charge in [-0.2, -0.15) is 17.0 Å². The molecule has 3 aromatic rings. The highest BCUT2D eigenvalue weighted by atomic mass is 32.2. The molecule has 0 bridgehead atoms. The van der Waals surface area contributed by atoms with Gasteiger partial charge in [0.15, 0.2) is 0 Å². The molecule has 2 aliphatic rings. The predicted molar refractivity (Wildman–Crippen MR) is 158 cm³/mol. The molecule has 236 valence electrons. The minimum Gasteiger partial charge on any atom is -0.324 e. The van der Waals surface area contributed by atoms with Gasteiger partial charge in [0.1, 0.15) is 23.3 Å². The van der Waals surface area contributed by atoms with Crippen LogP contribution in [0.3, 0.4) is 0 Å². The van der Waals surface area contributed by atoms with E-state index in [1.54, 1.807) is 0 Å². The van der Waals surface area contributed by atoms with Crippen LogP contribution < -0.4 is 10.6 Å². The molecule has 2 N–H and O–H groups in total. The highest BCUT2D eigenvalue weighted by Crippen LogP contribution is 2.31. The maximum Gasteiger partial charge on any atom is 0.282 e. The fourth-order valence-electron chi connectivity index (χ4n) is 5.96. The minimum atomic E-state index is -3.68. The standard InChI is InChI=1S/C31H35F4N5O3S/c32-23-6-4-21(5-7-23)28(22-14-24(33)16-25(34)15-22)17-31(41)38-30-20-37-19-29(35)27(30)9-8-26-18-36-10-13-40(26)44(42,43)39-11-2-1-3-12-39/h4-7,14-16,19-20,26,28,36H,1-3,8-13,17-18H2,(H,38,41)/t26-,28-/m0/s1. The van der Waals surface area contributed by atoms with E-state index in [0.29, 0.717) is 44.7 Å². The zero-order chi connectivity index (χ0) is 31.3. The quantitative estimate of drug-likeness (QED) is 0.315. The van der Waals surface area contributed by atoms with E-state index in [1.807, 2.05) is 0 Å². The van der Waals surface area contributed by atoms with E-state index in [0.717, 1.165) is 43.7 Å². The van der Waals surface area contributed by atoms with Crippen molar-refractivity contribution in [2.45, 2.75) is 50.5 Å².